The molecule has 1 atom stereocenters. The van der Waals surface area contributed by atoms with Gasteiger partial charge >= 0.3 is 5.97 Å². The van der Waals surface area contributed by atoms with Gasteiger partial charge in [0.25, 0.3) is 0 Å². The summed E-state index contributed by atoms with van der Waals surface area (Å²) in [5, 5.41) is 8.94. The molecule has 3 nitrogen and oxygen atoms in total. The Kier molecular flexibility index (Phi) is 5.66. The maximum atomic E-state index is 13.2. The van der Waals surface area contributed by atoms with Crippen molar-refractivity contribution < 1.29 is 14.3 Å². The summed E-state index contributed by atoms with van der Waals surface area (Å²) in [5.74, 6) is -1.35. The van der Waals surface area contributed by atoms with E-state index in [4.69, 9.17) is 10.8 Å². The fraction of sp³-hybridized carbons (Fsp3) is 0.211. The molecule has 0 aromatic heterocycles. The number of benzene rings is 2. The Morgan fingerprint density at radius 2 is 1.65 bits per heavy atom. The highest BCUT2D eigenvalue weighted by atomic mass is 19.1. The lowest BCUT2D eigenvalue weighted by atomic mass is 9.95. The molecule has 0 amide bonds. The maximum Gasteiger partial charge on any atom is 0.320 e. The Labute approximate surface area is 135 Å². The van der Waals surface area contributed by atoms with Crippen molar-refractivity contribution in [2.75, 3.05) is 0 Å². The average molecular weight is 313 g/mol. The number of aliphatic carboxylic acids is 1. The number of carbonyl (C=O) groups is 1. The first-order chi connectivity index (χ1) is 11.0. The zero-order valence-electron chi connectivity index (χ0n) is 13.0. The lowest BCUT2D eigenvalue weighted by Crippen LogP contribution is -2.29. The van der Waals surface area contributed by atoms with Crippen LogP contribution in [0.1, 0.15) is 30.0 Å². The molecule has 120 valence electrons. The van der Waals surface area contributed by atoms with Gasteiger partial charge in [-0.3, -0.25) is 4.79 Å². The van der Waals surface area contributed by atoms with E-state index in [9.17, 15) is 9.18 Å². The van der Waals surface area contributed by atoms with Gasteiger partial charge in [0.15, 0.2) is 0 Å². The number of carboxylic acids is 1. The third-order valence-corrected chi connectivity index (χ3v) is 3.72. The van der Waals surface area contributed by atoms with Crippen LogP contribution in [0.2, 0.25) is 0 Å². The molecule has 0 spiro atoms. The normalized spacial score (nSPS) is 12.9. The molecule has 0 saturated carbocycles. The van der Waals surface area contributed by atoms with Crippen LogP contribution < -0.4 is 5.73 Å². The molecule has 0 fully saturated rings. The second-order valence-electron chi connectivity index (χ2n) is 5.36. The van der Waals surface area contributed by atoms with E-state index in [1.165, 1.54) is 17.7 Å². The van der Waals surface area contributed by atoms with Crippen molar-refractivity contribution in [1.29, 1.82) is 0 Å². The van der Waals surface area contributed by atoms with Crippen molar-refractivity contribution in [3.8, 4) is 0 Å². The molecule has 0 bridgehead atoms. The predicted octanol–water partition coefficient (Wildman–Crippen LogP) is 3.62. The molecular weight excluding hydrogens is 293 g/mol. The van der Waals surface area contributed by atoms with E-state index >= 15 is 0 Å². The van der Waals surface area contributed by atoms with Crippen molar-refractivity contribution in [3.63, 3.8) is 0 Å². The lowest BCUT2D eigenvalue weighted by molar-refractivity contribution is -0.138. The average Bonchev–Trinajstić information content (AvgIpc) is 2.56. The van der Waals surface area contributed by atoms with Crippen LogP contribution in [0.4, 0.5) is 4.39 Å². The van der Waals surface area contributed by atoms with Crippen molar-refractivity contribution in [3.05, 3.63) is 77.1 Å². The maximum absolute atomic E-state index is 13.2. The minimum absolute atomic E-state index is 0.206. The topological polar surface area (TPSA) is 63.3 Å². The molecule has 2 rings (SSSR count). The summed E-state index contributed by atoms with van der Waals surface area (Å²) >= 11 is 0. The zero-order valence-corrected chi connectivity index (χ0v) is 13.0. The fourth-order valence-electron chi connectivity index (χ4n) is 2.30. The molecule has 0 aliphatic carbocycles. The van der Waals surface area contributed by atoms with Gasteiger partial charge in [0, 0.05) is 0 Å². The van der Waals surface area contributed by atoms with Crippen molar-refractivity contribution in [2.24, 2.45) is 5.73 Å². The van der Waals surface area contributed by atoms with Gasteiger partial charge in [0.1, 0.15) is 11.9 Å². The van der Waals surface area contributed by atoms with Gasteiger partial charge in [-0.15, -0.1) is 0 Å². The van der Waals surface area contributed by atoms with Gasteiger partial charge in [-0.05, 0) is 47.2 Å². The second-order valence-corrected chi connectivity index (χ2v) is 5.36. The van der Waals surface area contributed by atoms with E-state index < -0.39 is 12.0 Å². The third kappa shape index (κ3) is 4.50. The molecule has 2 aromatic carbocycles. The van der Waals surface area contributed by atoms with E-state index in [-0.39, 0.29) is 12.2 Å². The minimum Gasteiger partial charge on any atom is -0.480 e. The first kappa shape index (κ1) is 16.9. The van der Waals surface area contributed by atoms with Gasteiger partial charge in [-0.2, -0.15) is 0 Å². The Bertz CT molecular complexity index is 690. The van der Waals surface area contributed by atoms with Crippen LogP contribution in [0.3, 0.4) is 0 Å². The number of carboxylic acid groups (broad SMARTS) is 1. The van der Waals surface area contributed by atoms with Crippen LogP contribution in [-0.2, 0) is 11.2 Å². The summed E-state index contributed by atoms with van der Waals surface area (Å²) in [4.78, 5) is 10.9. The number of rotatable bonds is 6. The fourth-order valence-corrected chi connectivity index (χ4v) is 2.30. The molecule has 0 saturated heterocycles. The van der Waals surface area contributed by atoms with Crippen LogP contribution >= 0.6 is 0 Å². The van der Waals surface area contributed by atoms with Gasteiger partial charge in [0.05, 0.1) is 0 Å². The highest BCUT2D eigenvalue weighted by Gasteiger charge is 2.12. The van der Waals surface area contributed by atoms with Gasteiger partial charge in [-0.25, -0.2) is 4.39 Å². The van der Waals surface area contributed by atoms with Crippen molar-refractivity contribution >= 4 is 11.5 Å². The van der Waals surface area contributed by atoms with Gasteiger partial charge in [-0.1, -0.05) is 49.4 Å². The molecule has 0 aliphatic rings. The minimum atomic E-state index is -1.04. The van der Waals surface area contributed by atoms with E-state index in [2.05, 4.69) is 6.92 Å². The first-order valence-corrected chi connectivity index (χ1v) is 7.55. The highest BCUT2D eigenvalue weighted by Crippen LogP contribution is 2.25. The monoisotopic (exact) mass is 313 g/mol. The van der Waals surface area contributed by atoms with Crippen LogP contribution in [-0.4, -0.2) is 17.1 Å². The van der Waals surface area contributed by atoms with Crippen LogP contribution in [0.25, 0.3) is 5.57 Å². The molecule has 4 heteroatoms. The van der Waals surface area contributed by atoms with Crippen molar-refractivity contribution in [1.82, 2.24) is 0 Å². The molecule has 23 heavy (non-hydrogen) atoms. The summed E-state index contributed by atoms with van der Waals surface area (Å²) < 4.78 is 13.2. The van der Waals surface area contributed by atoms with E-state index in [0.717, 1.165) is 23.1 Å². The number of hydrogen-bond acceptors (Lipinski definition) is 2. The summed E-state index contributed by atoms with van der Waals surface area (Å²) in [6.07, 6.45) is 2.95. The highest BCUT2D eigenvalue weighted by molar-refractivity contribution is 5.81. The second kappa shape index (κ2) is 7.70. The van der Waals surface area contributed by atoms with Gasteiger partial charge in [0.2, 0.25) is 0 Å². The molecule has 1 unspecified atom stereocenters. The van der Waals surface area contributed by atoms with E-state index in [1.807, 2.05) is 24.3 Å². The summed E-state index contributed by atoms with van der Waals surface area (Å²) in [6.45, 7) is 2.08. The molecule has 2 aromatic rings. The Balaban J connectivity index is 2.39. The largest absolute Gasteiger partial charge is 0.480 e. The standard InChI is InChI=1S/C19H20FNO2/c1-2-13-3-5-14(6-4-13)17(11-12-18(21)19(22)23)15-7-9-16(20)10-8-15/h3-11,18H,2,12,21H2,1H3,(H,22,23)/b17-11-. The smallest absolute Gasteiger partial charge is 0.320 e. The first-order valence-electron chi connectivity index (χ1n) is 7.55. The summed E-state index contributed by atoms with van der Waals surface area (Å²) in [7, 11) is 0. The van der Waals surface area contributed by atoms with Crippen LogP contribution in [0.15, 0.2) is 54.6 Å². The zero-order chi connectivity index (χ0) is 16.8. The van der Waals surface area contributed by atoms with Gasteiger partial charge < -0.3 is 10.8 Å². The van der Waals surface area contributed by atoms with Crippen LogP contribution in [0, 0.1) is 5.82 Å². The van der Waals surface area contributed by atoms with E-state index in [1.54, 1.807) is 18.2 Å². The predicted molar refractivity (Wildman–Crippen MR) is 89.5 cm³/mol. The molecule has 0 heterocycles. The molecule has 0 radical (unpaired) electrons. The number of aryl methyl sites for hydroxylation is 1. The Morgan fingerprint density at radius 3 is 2.13 bits per heavy atom. The molecule has 0 aliphatic heterocycles. The summed E-state index contributed by atoms with van der Waals surface area (Å²) in [6, 6.07) is 13.2. The quantitative estimate of drug-likeness (QED) is 0.856. The number of nitrogens with two attached hydrogens (primary N) is 1. The lowest BCUT2D eigenvalue weighted by Gasteiger charge is -2.11. The third-order valence-electron chi connectivity index (χ3n) is 3.72. The van der Waals surface area contributed by atoms with Crippen molar-refractivity contribution in [2.45, 2.75) is 25.8 Å². The Hall–Kier alpha value is -2.46. The summed E-state index contributed by atoms with van der Waals surface area (Å²) in [5.41, 5.74) is 9.43. The number of hydrogen-bond donors (Lipinski definition) is 2. The number of halogens is 1. The SMILES string of the molecule is CCc1ccc(/C(=C/CC(N)C(=O)O)c2ccc(F)cc2)cc1. The Morgan fingerprint density at radius 1 is 1.13 bits per heavy atom. The van der Waals surface area contributed by atoms with Crippen LogP contribution in [0.5, 0.6) is 0 Å². The molecule has 3 N–H and O–H groups in total. The van der Waals surface area contributed by atoms with E-state index in [0.29, 0.717) is 0 Å². The molecular formula is C19H20FNO2.